The van der Waals surface area contributed by atoms with Crippen molar-refractivity contribution in [2.75, 3.05) is 13.1 Å². The Labute approximate surface area is 107 Å². The molecule has 2 aliphatic rings. The van der Waals surface area contributed by atoms with Crippen molar-refractivity contribution in [1.82, 2.24) is 4.90 Å². The molecule has 2 N–H and O–H groups in total. The molecule has 0 aliphatic heterocycles. The van der Waals surface area contributed by atoms with Crippen LogP contribution in [0, 0.1) is 11.8 Å². The van der Waals surface area contributed by atoms with Crippen LogP contribution in [0.25, 0.3) is 0 Å². The molecule has 0 spiro atoms. The summed E-state index contributed by atoms with van der Waals surface area (Å²) >= 11 is 0. The molecule has 2 atom stereocenters. The van der Waals surface area contributed by atoms with Crippen molar-refractivity contribution in [3.8, 4) is 0 Å². The van der Waals surface area contributed by atoms with E-state index in [0.717, 1.165) is 17.9 Å². The van der Waals surface area contributed by atoms with Gasteiger partial charge < -0.3 is 5.73 Å². The molecule has 0 aromatic heterocycles. The van der Waals surface area contributed by atoms with Gasteiger partial charge in [-0.15, -0.1) is 0 Å². The molecule has 100 valence electrons. The second kappa shape index (κ2) is 6.19. The predicted molar refractivity (Wildman–Crippen MR) is 74.0 cm³/mol. The summed E-state index contributed by atoms with van der Waals surface area (Å²) in [6.45, 7) is 7.30. The fraction of sp³-hybridized carbons (Fsp3) is 1.00. The van der Waals surface area contributed by atoms with Gasteiger partial charge in [0.15, 0.2) is 0 Å². The summed E-state index contributed by atoms with van der Waals surface area (Å²) in [6, 6.07) is 1.37. The van der Waals surface area contributed by atoms with Gasteiger partial charge in [-0.25, -0.2) is 0 Å². The summed E-state index contributed by atoms with van der Waals surface area (Å²) in [5, 5.41) is 0. The van der Waals surface area contributed by atoms with Gasteiger partial charge in [-0.05, 0) is 43.9 Å². The number of nitrogens with zero attached hydrogens (tertiary/aromatic N) is 1. The topological polar surface area (TPSA) is 29.3 Å². The first kappa shape index (κ1) is 13.4. The minimum atomic E-state index is 0.490. The van der Waals surface area contributed by atoms with Crippen LogP contribution in [0.2, 0.25) is 0 Å². The van der Waals surface area contributed by atoms with E-state index >= 15 is 0 Å². The zero-order chi connectivity index (χ0) is 12.3. The molecule has 0 aromatic carbocycles. The van der Waals surface area contributed by atoms with E-state index in [1.165, 1.54) is 58.0 Å². The molecule has 2 heteroatoms. The number of hydrogen-bond donors (Lipinski definition) is 1. The van der Waals surface area contributed by atoms with E-state index in [2.05, 4.69) is 18.7 Å². The van der Waals surface area contributed by atoms with E-state index in [0.29, 0.717) is 6.04 Å². The van der Waals surface area contributed by atoms with Crippen LogP contribution >= 0.6 is 0 Å². The predicted octanol–water partition coefficient (Wildman–Crippen LogP) is 3.01. The van der Waals surface area contributed by atoms with Crippen molar-refractivity contribution in [2.45, 2.75) is 70.9 Å². The highest BCUT2D eigenvalue weighted by Gasteiger charge is 2.28. The average molecular weight is 238 g/mol. The molecule has 2 saturated carbocycles. The molecule has 0 heterocycles. The maximum absolute atomic E-state index is 6.04. The third-order valence-corrected chi connectivity index (χ3v) is 4.52. The first-order valence-electron chi connectivity index (χ1n) is 7.64. The van der Waals surface area contributed by atoms with E-state index in [9.17, 15) is 0 Å². The monoisotopic (exact) mass is 238 g/mol. The quantitative estimate of drug-likeness (QED) is 0.798. The number of rotatable bonds is 5. The lowest BCUT2D eigenvalue weighted by Crippen LogP contribution is -2.39. The van der Waals surface area contributed by atoms with Gasteiger partial charge >= 0.3 is 0 Å². The van der Waals surface area contributed by atoms with Crippen molar-refractivity contribution in [2.24, 2.45) is 17.6 Å². The Hall–Kier alpha value is -0.0800. The molecule has 2 aliphatic carbocycles. The molecule has 0 bridgehead atoms. The molecule has 2 nitrogen and oxygen atoms in total. The Morgan fingerprint density at radius 1 is 1.12 bits per heavy atom. The van der Waals surface area contributed by atoms with Crippen LogP contribution < -0.4 is 5.73 Å². The molecular formula is C15H30N2. The van der Waals surface area contributed by atoms with Gasteiger partial charge in [-0.3, -0.25) is 4.90 Å². The molecule has 0 saturated heterocycles. The fourth-order valence-corrected chi connectivity index (χ4v) is 3.72. The van der Waals surface area contributed by atoms with Crippen LogP contribution in [-0.4, -0.2) is 30.1 Å². The highest BCUT2D eigenvalue weighted by molar-refractivity contribution is 4.84. The van der Waals surface area contributed by atoms with Crippen molar-refractivity contribution in [3.05, 3.63) is 0 Å². The molecule has 0 aromatic rings. The highest BCUT2D eigenvalue weighted by Crippen LogP contribution is 2.29. The number of nitrogens with two attached hydrogens (primary N) is 1. The molecule has 2 unspecified atom stereocenters. The van der Waals surface area contributed by atoms with Gasteiger partial charge in [0.2, 0.25) is 0 Å². The molecule has 2 rings (SSSR count). The van der Waals surface area contributed by atoms with E-state index < -0.39 is 0 Å². The molecule has 17 heavy (non-hydrogen) atoms. The summed E-state index contributed by atoms with van der Waals surface area (Å²) < 4.78 is 0. The summed E-state index contributed by atoms with van der Waals surface area (Å²) in [6.07, 6.45) is 9.65. The molecule has 0 radical (unpaired) electrons. The van der Waals surface area contributed by atoms with Gasteiger partial charge in [0.25, 0.3) is 0 Å². The van der Waals surface area contributed by atoms with Crippen LogP contribution in [0.4, 0.5) is 0 Å². The lowest BCUT2D eigenvalue weighted by Gasteiger charge is -2.32. The van der Waals surface area contributed by atoms with Gasteiger partial charge in [-0.2, -0.15) is 0 Å². The first-order chi connectivity index (χ1) is 8.15. The standard InChI is InChI=1S/C15H30N2/c1-12(2)10-17(15-5-3-4-6-15)11-13-7-8-14(16)9-13/h12-15H,3-11,16H2,1-2H3. The highest BCUT2D eigenvalue weighted by atomic mass is 15.2. The lowest BCUT2D eigenvalue weighted by atomic mass is 10.0. The maximum atomic E-state index is 6.04. The Balaban J connectivity index is 1.85. The summed E-state index contributed by atoms with van der Waals surface area (Å²) in [7, 11) is 0. The lowest BCUT2D eigenvalue weighted by molar-refractivity contribution is 0.150. The second-order valence-corrected chi connectivity index (χ2v) is 6.73. The SMILES string of the molecule is CC(C)CN(CC1CCC(N)C1)C1CCCC1. The Morgan fingerprint density at radius 3 is 2.35 bits per heavy atom. The summed E-state index contributed by atoms with van der Waals surface area (Å²) in [4.78, 5) is 2.79. The Morgan fingerprint density at radius 2 is 1.82 bits per heavy atom. The Bertz CT molecular complexity index is 221. The maximum Gasteiger partial charge on any atom is 0.00954 e. The Kier molecular flexibility index (Phi) is 4.87. The zero-order valence-electron chi connectivity index (χ0n) is 11.7. The summed E-state index contributed by atoms with van der Waals surface area (Å²) in [5.41, 5.74) is 6.04. The minimum Gasteiger partial charge on any atom is -0.328 e. The fourth-order valence-electron chi connectivity index (χ4n) is 3.72. The van der Waals surface area contributed by atoms with E-state index in [1.807, 2.05) is 0 Å². The van der Waals surface area contributed by atoms with Crippen LogP contribution in [0.3, 0.4) is 0 Å². The third-order valence-electron chi connectivity index (χ3n) is 4.52. The van der Waals surface area contributed by atoms with Gasteiger partial charge in [0, 0.05) is 25.2 Å². The number of hydrogen-bond acceptors (Lipinski definition) is 2. The van der Waals surface area contributed by atoms with Crippen LogP contribution in [-0.2, 0) is 0 Å². The molecule has 0 amide bonds. The van der Waals surface area contributed by atoms with Crippen LogP contribution in [0.1, 0.15) is 58.8 Å². The summed E-state index contributed by atoms with van der Waals surface area (Å²) in [5.74, 6) is 1.68. The van der Waals surface area contributed by atoms with Gasteiger partial charge in [0.1, 0.15) is 0 Å². The van der Waals surface area contributed by atoms with Crippen LogP contribution in [0.15, 0.2) is 0 Å². The van der Waals surface area contributed by atoms with E-state index in [1.54, 1.807) is 0 Å². The van der Waals surface area contributed by atoms with Crippen molar-refractivity contribution in [1.29, 1.82) is 0 Å². The first-order valence-corrected chi connectivity index (χ1v) is 7.64. The van der Waals surface area contributed by atoms with Crippen molar-refractivity contribution >= 4 is 0 Å². The third kappa shape index (κ3) is 3.96. The van der Waals surface area contributed by atoms with E-state index in [-0.39, 0.29) is 0 Å². The molecule has 2 fully saturated rings. The molecular weight excluding hydrogens is 208 g/mol. The largest absolute Gasteiger partial charge is 0.328 e. The van der Waals surface area contributed by atoms with E-state index in [4.69, 9.17) is 5.73 Å². The van der Waals surface area contributed by atoms with Crippen LogP contribution in [0.5, 0.6) is 0 Å². The second-order valence-electron chi connectivity index (χ2n) is 6.73. The smallest absolute Gasteiger partial charge is 0.00954 e. The van der Waals surface area contributed by atoms with Crippen molar-refractivity contribution in [3.63, 3.8) is 0 Å². The normalized spacial score (nSPS) is 30.9. The van der Waals surface area contributed by atoms with Crippen molar-refractivity contribution < 1.29 is 0 Å². The minimum absolute atomic E-state index is 0.490. The zero-order valence-corrected chi connectivity index (χ0v) is 11.7. The van der Waals surface area contributed by atoms with Gasteiger partial charge in [0.05, 0.1) is 0 Å². The van der Waals surface area contributed by atoms with Gasteiger partial charge in [-0.1, -0.05) is 26.7 Å². The average Bonchev–Trinajstić information content (AvgIpc) is 2.87.